The minimum absolute atomic E-state index is 0.00614. The van der Waals surface area contributed by atoms with Gasteiger partial charge >= 0.3 is 17.9 Å². The summed E-state index contributed by atoms with van der Waals surface area (Å²) in [6, 6.07) is 0. The van der Waals surface area contributed by atoms with Gasteiger partial charge in [0.05, 0.1) is 5.41 Å². The van der Waals surface area contributed by atoms with Crippen molar-refractivity contribution in [2.24, 2.45) is 5.41 Å². The number of unbranched alkanes of at least 4 members (excludes halogenated alkanes) is 4. The van der Waals surface area contributed by atoms with Crippen molar-refractivity contribution >= 4 is 17.9 Å². The maximum atomic E-state index is 11.4. The molecule has 0 saturated carbocycles. The zero-order valence-electron chi connectivity index (χ0n) is 15.1. The van der Waals surface area contributed by atoms with Crippen molar-refractivity contribution in [2.45, 2.75) is 59.3 Å². The molecule has 24 heavy (non-hydrogen) atoms. The van der Waals surface area contributed by atoms with Crippen LogP contribution in [0.5, 0.6) is 0 Å². The van der Waals surface area contributed by atoms with E-state index in [1.807, 2.05) is 0 Å². The van der Waals surface area contributed by atoms with Gasteiger partial charge in [0.15, 0.2) is 0 Å². The molecule has 6 nitrogen and oxygen atoms in total. The van der Waals surface area contributed by atoms with Crippen molar-refractivity contribution in [1.82, 2.24) is 0 Å². The summed E-state index contributed by atoms with van der Waals surface area (Å²) in [4.78, 5) is 33.8. The average molecular weight is 342 g/mol. The summed E-state index contributed by atoms with van der Waals surface area (Å²) in [7, 11) is 0. The Morgan fingerprint density at radius 1 is 0.875 bits per heavy atom. The van der Waals surface area contributed by atoms with Crippen LogP contribution in [0.4, 0.5) is 0 Å². The van der Waals surface area contributed by atoms with Crippen molar-refractivity contribution in [2.75, 3.05) is 19.8 Å². The van der Waals surface area contributed by atoms with Crippen LogP contribution in [0.1, 0.15) is 59.3 Å². The molecule has 0 spiro atoms. The van der Waals surface area contributed by atoms with Gasteiger partial charge in [-0.2, -0.15) is 0 Å². The van der Waals surface area contributed by atoms with Gasteiger partial charge in [-0.05, 0) is 6.42 Å². The average Bonchev–Trinajstić information content (AvgIpc) is 2.55. The van der Waals surface area contributed by atoms with Crippen molar-refractivity contribution < 1.29 is 28.6 Å². The van der Waals surface area contributed by atoms with E-state index in [9.17, 15) is 14.4 Å². The van der Waals surface area contributed by atoms with Gasteiger partial charge in [0.2, 0.25) is 0 Å². The van der Waals surface area contributed by atoms with Gasteiger partial charge in [-0.3, -0.25) is 9.59 Å². The lowest BCUT2D eigenvalue weighted by Gasteiger charge is -2.32. The number of hydrogen-bond acceptors (Lipinski definition) is 6. The third kappa shape index (κ3) is 10.8. The third-order valence-electron chi connectivity index (χ3n) is 3.66. The van der Waals surface area contributed by atoms with Gasteiger partial charge in [-0.15, -0.1) is 0 Å². The van der Waals surface area contributed by atoms with Gasteiger partial charge in [0.25, 0.3) is 0 Å². The number of hydrogen-bond donors (Lipinski definition) is 0. The summed E-state index contributed by atoms with van der Waals surface area (Å²) in [5.41, 5.74) is -0.734. The summed E-state index contributed by atoms with van der Waals surface area (Å²) in [6.45, 7) is 8.20. The lowest BCUT2D eigenvalue weighted by Crippen LogP contribution is -2.39. The van der Waals surface area contributed by atoms with Gasteiger partial charge in [-0.25, -0.2) is 4.79 Å². The first-order chi connectivity index (χ1) is 11.3. The van der Waals surface area contributed by atoms with Crippen molar-refractivity contribution in [3.8, 4) is 0 Å². The lowest BCUT2D eigenvalue weighted by molar-refractivity contribution is -0.158. The molecule has 0 aliphatic heterocycles. The summed E-state index contributed by atoms with van der Waals surface area (Å²) >= 11 is 0. The van der Waals surface area contributed by atoms with Gasteiger partial charge in [0, 0.05) is 19.9 Å². The van der Waals surface area contributed by atoms with E-state index in [4.69, 9.17) is 14.2 Å². The first-order valence-corrected chi connectivity index (χ1v) is 8.41. The van der Waals surface area contributed by atoms with E-state index in [2.05, 4.69) is 13.5 Å². The van der Waals surface area contributed by atoms with Crippen LogP contribution in [0.2, 0.25) is 0 Å². The summed E-state index contributed by atoms with van der Waals surface area (Å²) in [5.74, 6) is -1.41. The van der Waals surface area contributed by atoms with E-state index in [1.165, 1.54) is 13.8 Å². The SMILES string of the molecule is C=CC(=O)OCC(CCCCCCC)(COC(C)=O)COC(C)=O. The molecule has 0 aromatic rings. The standard InChI is InChI=1S/C18H30O6/c1-5-7-8-9-10-11-18(12-22-15(3)19,13-23-16(4)20)14-24-17(21)6-2/h6H,2,5,7-14H2,1,3-4H3. The topological polar surface area (TPSA) is 78.9 Å². The smallest absolute Gasteiger partial charge is 0.330 e. The van der Waals surface area contributed by atoms with Crippen LogP contribution in [-0.2, 0) is 28.6 Å². The predicted octanol–water partition coefficient (Wildman–Crippen LogP) is 3.19. The Balaban J connectivity index is 4.92. The van der Waals surface area contributed by atoms with Crippen LogP contribution < -0.4 is 0 Å². The third-order valence-corrected chi connectivity index (χ3v) is 3.66. The van der Waals surface area contributed by atoms with Crippen LogP contribution in [0.25, 0.3) is 0 Å². The highest BCUT2D eigenvalue weighted by Crippen LogP contribution is 2.28. The van der Waals surface area contributed by atoms with Crippen molar-refractivity contribution in [3.05, 3.63) is 12.7 Å². The van der Waals surface area contributed by atoms with Crippen molar-refractivity contribution in [1.29, 1.82) is 0 Å². The maximum absolute atomic E-state index is 11.4. The Kier molecular flexibility index (Phi) is 11.6. The molecule has 0 amide bonds. The van der Waals surface area contributed by atoms with Crippen LogP contribution in [0, 0.1) is 5.41 Å². The molecule has 0 aliphatic rings. The van der Waals surface area contributed by atoms with E-state index in [0.717, 1.165) is 38.2 Å². The van der Waals surface area contributed by atoms with Crippen LogP contribution in [0.15, 0.2) is 12.7 Å². The molecule has 0 unspecified atom stereocenters. The zero-order chi connectivity index (χ0) is 18.4. The highest BCUT2D eigenvalue weighted by molar-refractivity contribution is 5.81. The molecule has 0 fully saturated rings. The lowest BCUT2D eigenvalue weighted by atomic mass is 9.84. The monoisotopic (exact) mass is 342 g/mol. The molecular weight excluding hydrogens is 312 g/mol. The quantitative estimate of drug-likeness (QED) is 0.221. The molecule has 0 rings (SSSR count). The molecule has 0 bridgehead atoms. The minimum Gasteiger partial charge on any atom is -0.465 e. The van der Waals surface area contributed by atoms with Gasteiger partial charge < -0.3 is 14.2 Å². The Morgan fingerprint density at radius 3 is 1.83 bits per heavy atom. The van der Waals surface area contributed by atoms with Crippen molar-refractivity contribution in [3.63, 3.8) is 0 Å². The first-order valence-electron chi connectivity index (χ1n) is 8.41. The van der Waals surface area contributed by atoms with Gasteiger partial charge in [0.1, 0.15) is 19.8 Å². The Morgan fingerprint density at radius 2 is 1.38 bits per heavy atom. The van der Waals surface area contributed by atoms with E-state index in [1.54, 1.807) is 0 Å². The van der Waals surface area contributed by atoms with Crippen LogP contribution in [-0.4, -0.2) is 37.7 Å². The summed E-state index contributed by atoms with van der Waals surface area (Å²) < 4.78 is 15.4. The molecule has 0 N–H and O–H groups in total. The van der Waals surface area contributed by atoms with E-state index < -0.39 is 23.3 Å². The second kappa shape index (κ2) is 12.6. The predicted molar refractivity (Wildman–Crippen MR) is 90.2 cm³/mol. The largest absolute Gasteiger partial charge is 0.465 e. The molecule has 138 valence electrons. The summed E-state index contributed by atoms with van der Waals surface area (Å²) in [6.07, 6.45) is 7.00. The second-order valence-corrected chi connectivity index (χ2v) is 6.04. The molecule has 0 aromatic carbocycles. The fourth-order valence-electron chi connectivity index (χ4n) is 2.24. The molecule has 0 aromatic heterocycles. The molecule has 6 heteroatoms. The number of ether oxygens (including phenoxy) is 3. The van der Waals surface area contributed by atoms with E-state index in [-0.39, 0.29) is 19.8 Å². The first kappa shape index (κ1) is 22.1. The summed E-state index contributed by atoms with van der Waals surface area (Å²) in [5, 5.41) is 0. The number of esters is 3. The number of carbonyl (C=O) groups is 3. The molecule has 0 saturated heterocycles. The molecular formula is C18H30O6. The molecule has 0 atom stereocenters. The highest BCUT2D eigenvalue weighted by Gasteiger charge is 2.34. The maximum Gasteiger partial charge on any atom is 0.330 e. The minimum atomic E-state index is -0.734. The highest BCUT2D eigenvalue weighted by atomic mass is 16.6. The normalized spacial score (nSPS) is 10.8. The molecule has 0 radical (unpaired) electrons. The van der Waals surface area contributed by atoms with E-state index in [0.29, 0.717) is 6.42 Å². The van der Waals surface area contributed by atoms with E-state index >= 15 is 0 Å². The second-order valence-electron chi connectivity index (χ2n) is 6.04. The zero-order valence-corrected chi connectivity index (χ0v) is 15.1. The fraction of sp³-hybridized carbons (Fsp3) is 0.722. The molecule has 0 heterocycles. The Bertz CT molecular complexity index is 398. The Hall–Kier alpha value is -1.85. The van der Waals surface area contributed by atoms with Crippen LogP contribution >= 0.6 is 0 Å². The van der Waals surface area contributed by atoms with Gasteiger partial charge in [-0.1, -0.05) is 45.6 Å². The van der Waals surface area contributed by atoms with Crippen LogP contribution in [0.3, 0.4) is 0 Å². The number of rotatable bonds is 13. The molecule has 0 aliphatic carbocycles. The Labute approximate surface area is 144 Å². The fourth-order valence-corrected chi connectivity index (χ4v) is 2.24. The number of carbonyl (C=O) groups excluding carboxylic acids is 3.